The van der Waals surface area contributed by atoms with E-state index in [2.05, 4.69) is 49.6 Å². The van der Waals surface area contributed by atoms with Crippen LogP contribution in [0.1, 0.15) is 25.0 Å². The summed E-state index contributed by atoms with van der Waals surface area (Å²) >= 11 is 0. The van der Waals surface area contributed by atoms with Crippen molar-refractivity contribution in [1.29, 1.82) is 0 Å². The molecule has 0 heterocycles. The summed E-state index contributed by atoms with van der Waals surface area (Å²) in [4.78, 5) is 2.29. The highest BCUT2D eigenvalue weighted by molar-refractivity contribution is 5.18. The van der Waals surface area contributed by atoms with Crippen LogP contribution in [-0.2, 0) is 13.1 Å². The first-order chi connectivity index (χ1) is 10.6. The zero-order valence-corrected chi connectivity index (χ0v) is 13.4. The summed E-state index contributed by atoms with van der Waals surface area (Å²) in [5, 5.41) is 10.1. The van der Waals surface area contributed by atoms with Gasteiger partial charge in [0.15, 0.2) is 0 Å². The van der Waals surface area contributed by atoms with Crippen molar-refractivity contribution in [2.45, 2.75) is 33.0 Å². The molecule has 1 atom stereocenters. The molecule has 0 aliphatic heterocycles. The lowest BCUT2D eigenvalue weighted by Crippen LogP contribution is -2.39. The second kappa shape index (κ2) is 7.81. The molecule has 0 aliphatic carbocycles. The Morgan fingerprint density at radius 2 is 1.32 bits per heavy atom. The summed E-state index contributed by atoms with van der Waals surface area (Å²) in [6.07, 6.45) is 0. The van der Waals surface area contributed by atoms with E-state index in [9.17, 15) is 5.11 Å². The van der Waals surface area contributed by atoms with Gasteiger partial charge in [0.25, 0.3) is 0 Å². The molecule has 0 fully saturated rings. The maximum atomic E-state index is 10.1. The Morgan fingerprint density at radius 1 is 0.909 bits per heavy atom. The third kappa shape index (κ3) is 4.47. The van der Waals surface area contributed by atoms with E-state index in [1.54, 1.807) is 0 Å². The van der Waals surface area contributed by atoms with E-state index in [4.69, 9.17) is 0 Å². The van der Waals surface area contributed by atoms with Gasteiger partial charge in [0.2, 0.25) is 0 Å². The lowest BCUT2D eigenvalue weighted by atomic mass is 9.99. The maximum Gasteiger partial charge on any atom is 0.102 e. The highest BCUT2D eigenvalue weighted by atomic mass is 16.3. The molecule has 1 N–H and O–H groups in total. The lowest BCUT2D eigenvalue weighted by Gasteiger charge is -2.34. The van der Waals surface area contributed by atoms with Crippen molar-refractivity contribution in [3.05, 3.63) is 84.1 Å². The Hall–Kier alpha value is -2.06. The highest BCUT2D eigenvalue weighted by Gasteiger charge is 2.24. The average molecular weight is 295 g/mol. The van der Waals surface area contributed by atoms with Gasteiger partial charge in [0, 0.05) is 13.1 Å². The predicted molar refractivity (Wildman–Crippen MR) is 92.5 cm³/mol. The van der Waals surface area contributed by atoms with Gasteiger partial charge in [-0.15, -0.1) is 0 Å². The summed E-state index contributed by atoms with van der Waals surface area (Å²) in [7, 11) is 0. The Bertz CT molecular complexity index is 536. The first-order valence-electron chi connectivity index (χ1n) is 7.77. The van der Waals surface area contributed by atoms with Crippen molar-refractivity contribution < 1.29 is 5.11 Å². The van der Waals surface area contributed by atoms with Gasteiger partial charge in [0.05, 0.1) is 6.04 Å². The summed E-state index contributed by atoms with van der Waals surface area (Å²) in [6.45, 7) is 9.61. The standard InChI is InChI=1S/C20H25NO/c1-16(2)20(17(3)22)21(14-18-10-6-4-7-11-18)15-19-12-8-5-9-13-19/h4-13,16,20,22H,3,14-15H2,1-2H3/t20-/m0/s1. The fraction of sp³-hybridized carbons (Fsp3) is 0.300. The molecule has 2 aromatic carbocycles. The summed E-state index contributed by atoms with van der Waals surface area (Å²) in [6, 6.07) is 20.7. The normalized spacial score (nSPS) is 12.5. The predicted octanol–water partition coefficient (Wildman–Crippen LogP) is 4.79. The first kappa shape index (κ1) is 16.3. The molecule has 2 heteroatoms. The minimum absolute atomic E-state index is 0.0552. The molecule has 0 bridgehead atoms. The van der Waals surface area contributed by atoms with Crippen LogP contribution in [0, 0.1) is 5.92 Å². The van der Waals surface area contributed by atoms with Crippen LogP contribution in [0.3, 0.4) is 0 Å². The number of nitrogens with zero attached hydrogens (tertiary/aromatic N) is 1. The molecular formula is C20H25NO. The summed E-state index contributed by atoms with van der Waals surface area (Å²) in [5.41, 5.74) is 2.48. The zero-order valence-electron chi connectivity index (χ0n) is 13.4. The minimum atomic E-state index is -0.0552. The Morgan fingerprint density at radius 3 is 1.64 bits per heavy atom. The van der Waals surface area contributed by atoms with Gasteiger partial charge in [0.1, 0.15) is 5.76 Å². The van der Waals surface area contributed by atoms with Crippen molar-refractivity contribution in [2.24, 2.45) is 5.92 Å². The number of aliphatic hydroxyl groups excluding tert-OH is 1. The Balaban J connectivity index is 2.25. The van der Waals surface area contributed by atoms with Gasteiger partial charge >= 0.3 is 0 Å². The van der Waals surface area contributed by atoms with Crippen LogP contribution in [-0.4, -0.2) is 16.0 Å². The quantitative estimate of drug-likeness (QED) is 0.743. The molecule has 2 nitrogen and oxygen atoms in total. The number of hydrogen-bond donors (Lipinski definition) is 1. The fourth-order valence-corrected chi connectivity index (χ4v) is 2.91. The van der Waals surface area contributed by atoms with Gasteiger partial charge in [-0.3, -0.25) is 4.90 Å². The lowest BCUT2D eigenvalue weighted by molar-refractivity contribution is 0.125. The van der Waals surface area contributed by atoms with Crippen LogP contribution >= 0.6 is 0 Å². The van der Waals surface area contributed by atoms with Crippen LogP contribution in [0.5, 0.6) is 0 Å². The number of rotatable bonds is 7. The van der Waals surface area contributed by atoms with E-state index >= 15 is 0 Å². The molecule has 116 valence electrons. The van der Waals surface area contributed by atoms with E-state index in [1.165, 1.54) is 11.1 Å². The van der Waals surface area contributed by atoms with E-state index < -0.39 is 0 Å². The van der Waals surface area contributed by atoms with Gasteiger partial charge < -0.3 is 5.11 Å². The highest BCUT2D eigenvalue weighted by Crippen LogP contribution is 2.22. The van der Waals surface area contributed by atoms with E-state index in [1.807, 2.05) is 36.4 Å². The molecule has 0 amide bonds. The maximum absolute atomic E-state index is 10.1. The topological polar surface area (TPSA) is 23.5 Å². The molecular weight excluding hydrogens is 270 g/mol. The summed E-state index contributed by atoms with van der Waals surface area (Å²) in [5.74, 6) is 0.534. The largest absolute Gasteiger partial charge is 0.511 e. The van der Waals surface area contributed by atoms with Crippen LogP contribution in [0.25, 0.3) is 0 Å². The molecule has 0 spiro atoms. The molecule has 0 saturated carbocycles. The average Bonchev–Trinajstić information content (AvgIpc) is 2.48. The molecule has 22 heavy (non-hydrogen) atoms. The molecule has 0 aliphatic rings. The van der Waals surface area contributed by atoms with E-state index in [-0.39, 0.29) is 11.8 Å². The molecule has 0 saturated heterocycles. The van der Waals surface area contributed by atoms with Crippen LogP contribution in [0.15, 0.2) is 73.0 Å². The molecule has 0 unspecified atom stereocenters. The second-order valence-electron chi connectivity index (χ2n) is 6.06. The van der Waals surface area contributed by atoms with Gasteiger partial charge in [-0.1, -0.05) is 81.1 Å². The first-order valence-corrected chi connectivity index (χ1v) is 7.77. The summed E-state index contributed by atoms with van der Waals surface area (Å²) < 4.78 is 0. The van der Waals surface area contributed by atoms with Crippen molar-refractivity contribution >= 4 is 0 Å². The van der Waals surface area contributed by atoms with E-state index in [0.29, 0.717) is 5.92 Å². The second-order valence-corrected chi connectivity index (χ2v) is 6.06. The third-order valence-electron chi connectivity index (χ3n) is 3.82. The SMILES string of the molecule is C=C(O)[C@H](C(C)C)N(Cc1ccccc1)Cc1ccccc1. The third-order valence-corrected chi connectivity index (χ3v) is 3.82. The molecule has 2 aromatic rings. The van der Waals surface area contributed by atoms with Gasteiger partial charge in [-0.05, 0) is 17.0 Å². The number of benzene rings is 2. The van der Waals surface area contributed by atoms with Crippen LogP contribution in [0.4, 0.5) is 0 Å². The van der Waals surface area contributed by atoms with E-state index in [0.717, 1.165) is 13.1 Å². The van der Waals surface area contributed by atoms with Crippen LogP contribution < -0.4 is 0 Å². The fourth-order valence-electron chi connectivity index (χ4n) is 2.91. The monoisotopic (exact) mass is 295 g/mol. The van der Waals surface area contributed by atoms with Crippen molar-refractivity contribution in [3.8, 4) is 0 Å². The number of aliphatic hydroxyl groups is 1. The Kier molecular flexibility index (Phi) is 5.79. The van der Waals surface area contributed by atoms with Crippen molar-refractivity contribution in [1.82, 2.24) is 4.90 Å². The number of hydrogen-bond acceptors (Lipinski definition) is 2. The smallest absolute Gasteiger partial charge is 0.102 e. The van der Waals surface area contributed by atoms with Crippen molar-refractivity contribution in [3.63, 3.8) is 0 Å². The Labute approximate surface area is 133 Å². The van der Waals surface area contributed by atoms with Gasteiger partial charge in [-0.2, -0.15) is 0 Å². The minimum Gasteiger partial charge on any atom is -0.511 e. The van der Waals surface area contributed by atoms with Crippen LogP contribution in [0.2, 0.25) is 0 Å². The molecule has 0 aromatic heterocycles. The van der Waals surface area contributed by atoms with Gasteiger partial charge in [-0.25, -0.2) is 0 Å². The van der Waals surface area contributed by atoms with Crippen molar-refractivity contribution in [2.75, 3.05) is 0 Å². The molecule has 2 rings (SSSR count). The molecule has 0 radical (unpaired) electrons. The zero-order chi connectivity index (χ0) is 15.9.